The Morgan fingerprint density at radius 3 is 2.44 bits per heavy atom. The molecule has 1 aromatic rings. The monoisotopic (exact) mass is 249 g/mol. The van der Waals surface area contributed by atoms with Crippen LogP contribution < -0.4 is 5.73 Å². The van der Waals surface area contributed by atoms with Crippen LogP contribution in [0.4, 0.5) is 5.69 Å². The van der Waals surface area contributed by atoms with Crippen LogP contribution in [0.15, 0.2) is 18.2 Å². The van der Waals surface area contributed by atoms with E-state index in [2.05, 4.69) is 4.90 Å². The number of amides is 1. The smallest absolute Gasteiger partial charge is 0.253 e. The summed E-state index contributed by atoms with van der Waals surface area (Å²) in [5.41, 5.74) is 8.15. The maximum absolute atomic E-state index is 12.1. The summed E-state index contributed by atoms with van der Waals surface area (Å²) < 4.78 is 0. The first kappa shape index (κ1) is 14.5. The number of anilines is 1. The van der Waals surface area contributed by atoms with Crippen LogP contribution in [0, 0.1) is 6.92 Å². The van der Waals surface area contributed by atoms with E-state index in [-0.39, 0.29) is 5.91 Å². The van der Waals surface area contributed by atoms with Gasteiger partial charge in [0.2, 0.25) is 0 Å². The Balaban J connectivity index is 2.60. The molecule has 4 heteroatoms. The van der Waals surface area contributed by atoms with Gasteiger partial charge in [0.25, 0.3) is 5.91 Å². The first-order chi connectivity index (χ1) is 8.41. The molecule has 0 aliphatic heterocycles. The van der Waals surface area contributed by atoms with Crippen LogP contribution in [0.3, 0.4) is 0 Å². The fourth-order valence-corrected chi connectivity index (χ4v) is 1.72. The number of hydrogen-bond donors (Lipinski definition) is 1. The van der Waals surface area contributed by atoms with E-state index in [1.165, 1.54) is 0 Å². The van der Waals surface area contributed by atoms with Crippen molar-refractivity contribution in [1.82, 2.24) is 9.80 Å². The van der Waals surface area contributed by atoms with Crippen molar-refractivity contribution in [3.8, 4) is 0 Å². The predicted molar refractivity (Wildman–Crippen MR) is 75.7 cm³/mol. The standard InChI is InChI=1S/C14H23N3O/c1-11-6-7-12(10-13(11)15)14(18)17(4)9-5-8-16(2)3/h6-7,10H,5,8-9,15H2,1-4H3. The van der Waals surface area contributed by atoms with Crippen LogP contribution in [0.2, 0.25) is 0 Å². The van der Waals surface area contributed by atoms with Crippen LogP contribution in [-0.2, 0) is 0 Å². The summed E-state index contributed by atoms with van der Waals surface area (Å²) in [7, 11) is 5.89. The summed E-state index contributed by atoms with van der Waals surface area (Å²) in [5, 5.41) is 0. The fourth-order valence-electron chi connectivity index (χ4n) is 1.72. The molecule has 18 heavy (non-hydrogen) atoms. The normalized spacial score (nSPS) is 10.7. The quantitative estimate of drug-likeness (QED) is 0.806. The molecule has 0 saturated carbocycles. The molecule has 0 atom stereocenters. The first-order valence-corrected chi connectivity index (χ1v) is 6.18. The Bertz CT molecular complexity index is 416. The van der Waals surface area contributed by atoms with Crippen LogP contribution in [0.25, 0.3) is 0 Å². The van der Waals surface area contributed by atoms with E-state index < -0.39 is 0 Å². The summed E-state index contributed by atoms with van der Waals surface area (Å²) in [6.07, 6.45) is 0.969. The molecular weight excluding hydrogens is 226 g/mol. The SMILES string of the molecule is Cc1ccc(C(=O)N(C)CCCN(C)C)cc1N. The van der Waals surface area contributed by atoms with E-state index in [9.17, 15) is 4.79 Å². The van der Waals surface area contributed by atoms with Gasteiger partial charge in [0, 0.05) is 24.8 Å². The zero-order valence-electron chi connectivity index (χ0n) is 11.7. The van der Waals surface area contributed by atoms with Crippen molar-refractivity contribution in [2.45, 2.75) is 13.3 Å². The number of nitrogens with zero attached hydrogens (tertiary/aromatic N) is 2. The Kier molecular flexibility index (Phi) is 5.16. The molecule has 0 aliphatic rings. The second-order valence-corrected chi connectivity index (χ2v) is 4.95. The average Bonchev–Trinajstić information content (AvgIpc) is 2.31. The van der Waals surface area contributed by atoms with Crippen LogP contribution in [-0.4, -0.2) is 49.9 Å². The van der Waals surface area contributed by atoms with Gasteiger partial charge in [-0.3, -0.25) is 4.79 Å². The predicted octanol–water partition coefficient (Wildman–Crippen LogP) is 1.60. The summed E-state index contributed by atoms with van der Waals surface area (Å²) in [6, 6.07) is 5.47. The molecule has 4 nitrogen and oxygen atoms in total. The van der Waals surface area contributed by atoms with Gasteiger partial charge in [0.05, 0.1) is 0 Å². The second-order valence-electron chi connectivity index (χ2n) is 4.95. The third-order valence-corrected chi connectivity index (χ3v) is 2.97. The Morgan fingerprint density at radius 2 is 1.89 bits per heavy atom. The van der Waals surface area contributed by atoms with Gasteiger partial charge in [-0.05, 0) is 51.7 Å². The highest BCUT2D eigenvalue weighted by Gasteiger charge is 2.12. The number of hydrogen-bond acceptors (Lipinski definition) is 3. The highest BCUT2D eigenvalue weighted by Crippen LogP contribution is 2.14. The Morgan fingerprint density at radius 1 is 1.22 bits per heavy atom. The molecule has 100 valence electrons. The highest BCUT2D eigenvalue weighted by atomic mass is 16.2. The van der Waals surface area contributed by atoms with Gasteiger partial charge in [-0.15, -0.1) is 0 Å². The lowest BCUT2D eigenvalue weighted by molar-refractivity contribution is 0.0790. The lowest BCUT2D eigenvalue weighted by Crippen LogP contribution is -2.29. The second kappa shape index (κ2) is 6.40. The van der Waals surface area contributed by atoms with Gasteiger partial charge in [0.1, 0.15) is 0 Å². The number of benzene rings is 1. The topological polar surface area (TPSA) is 49.6 Å². The molecule has 1 amide bonds. The molecule has 0 saturated heterocycles. The molecule has 2 N–H and O–H groups in total. The molecule has 0 aromatic heterocycles. The van der Waals surface area contributed by atoms with Gasteiger partial charge in [-0.25, -0.2) is 0 Å². The van der Waals surface area contributed by atoms with Crippen molar-refractivity contribution in [2.75, 3.05) is 40.0 Å². The number of rotatable bonds is 5. The van der Waals surface area contributed by atoms with Crippen molar-refractivity contribution in [3.05, 3.63) is 29.3 Å². The van der Waals surface area contributed by atoms with Crippen molar-refractivity contribution in [1.29, 1.82) is 0 Å². The lowest BCUT2D eigenvalue weighted by Gasteiger charge is -2.19. The van der Waals surface area contributed by atoms with Crippen LogP contribution >= 0.6 is 0 Å². The number of aryl methyl sites for hydroxylation is 1. The maximum atomic E-state index is 12.1. The molecule has 1 aromatic carbocycles. The minimum Gasteiger partial charge on any atom is -0.398 e. The Labute approximate surface area is 109 Å². The molecular formula is C14H23N3O. The van der Waals surface area contributed by atoms with E-state index in [4.69, 9.17) is 5.73 Å². The number of carbonyl (C=O) groups excluding carboxylic acids is 1. The third kappa shape index (κ3) is 4.04. The molecule has 0 unspecified atom stereocenters. The van der Waals surface area contributed by atoms with Gasteiger partial charge in [-0.1, -0.05) is 6.07 Å². The van der Waals surface area contributed by atoms with Crippen LogP contribution in [0.1, 0.15) is 22.3 Å². The number of nitrogens with two attached hydrogens (primary N) is 1. The van der Waals surface area contributed by atoms with Gasteiger partial charge in [-0.2, -0.15) is 0 Å². The summed E-state index contributed by atoms with van der Waals surface area (Å²) in [6.45, 7) is 3.67. The van der Waals surface area contributed by atoms with Crippen molar-refractivity contribution in [3.63, 3.8) is 0 Å². The summed E-state index contributed by atoms with van der Waals surface area (Å²) >= 11 is 0. The number of nitrogen functional groups attached to an aromatic ring is 1. The zero-order chi connectivity index (χ0) is 13.7. The summed E-state index contributed by atoms with van der Waals surface area (Å²) in [4.78, 5) is 16.0. The molecule has 0 fully saturated rings. The summed E-state index contributed by atoms with van der Waals surface area (Å²) in [5.74, 6) is 0.0282. The van der Waals surface area contributed by atoms with Gasteiger partial charge in [0.15, 0.2) is 0 Å². The average molecular weight is 249 g/mol. The fraction of sp³-hybridized carbons (Fsp3) is 0.500. The van der Waals surface area contributed by atoms with E-state index in [1.54, 1.807) is 11.0 Å². The van der Waals surface area contributed by atoms with Crippen molar-refractivity contribution >= 4 is 11.6 Å². The third-order valence-electron chi connectivity index (χ3n) is 2.97. The largest absolute Gasteiger partial charge is 0.398 e. The first-order valence-electron chi connectivity index (χ1n) is 6.18. The zero-order valence-corrected chi connectivity index (χ0v) is 11.7. The van der Waals surface area contributed by atoms with E-state index >= 15 is 0 Å². The molecule has 0 spiro atoms. The minimum absolute atomic E-state index is 0.0282. The molecule has 0 aliphatic carbocycles. The minimum atomic E-state index is 0.0282. The van der Waals surface area contributed by atoms with E-state index in [1.807, 2.05) is 40.2 Å². The van der Waals surface area contributed by atoms with Gasteiger partial charge < -0.3 is 15.5 Å². The van der Waals surface area contributed by atoms with Crippen LogP contribution in [0.5, 0.6) is 0 Å². The lowest BCUT2D eigenvalue weighted by atomic mass is 10.1. The molecule has 0 radical (unpaired) electrons. The number of carbonyl (C=O) groups is 1. The van der Waals surface area contributed by atoms with Crippen molar-refractivity contribution in [2.24, 2.45) is 0 Å². The molecule has 0 bridgehead atoms. The van der Waals surface area contributed by atoms with Crippen molar-refractivity contribution < 1.29 is 4.79 Å². The Hall–Kier alpha value is -1.55. The van der Waals surface area contributed by atoms with Gasteiger partial charge >= 0.3 is 0 Å². The van der Waals surface area contributed by atoms with E-state index in [0.717, 1.165) is 25.1 Å². The van der Waals surface area contributed by atoms with E-state index in [0.29, 0.717) is 11.3 Å². The maximum Gasteiger partial charge on any atom is 0.253 e. The molecule has 1 rings (SSSR count). The highest BCUT2D eigenvalue weighted by molar-refractivity contribution is 5.95. The molecule has 0 heterocycles.